The molecule has 1 aliphatic rings. The van der Waals surface area contributed by atoms with Gasteiger partial charge in [-0.2, -0.15) is 10.3 Å². The van der Waals surface area contributed by atoms with Crippen molar-refractivity contribution in [2.24, 2.45) is 10.7 Å². The number of amidine groups is 1. The number of hydrogen-bond acceptors (Lipinski definition) is 3. The third-order valence-corrected chi connectivity index (χ3v) is 2.95. The largest absolute Gasteiger partial charge is 0.385 e. The molecule has 2 amide bonds. The van der Waals surface area contributed by atoms with Crippen LogP contribution in [0, 0.1) is 17.1 Å². The number of nitriles is 1. The lowest BCUT2D eigenvalue weighted by atomic mass is 10.0. The number of rotatable bonds is 3. The molecule has 0 fully saturated rings. The number of amides is 2. The van der Waals surface area contributed by atoms with Crippen molar-refractivity contribution in [1.82, 2.24) is 4.90 Å². The van der Waals surface area contributed by atoms with Gasteiger partial charge in [0.25, 0.3) is 0 Å². The summed E-state index contributed by atoms with van der Waals surface area (Å²) in [4.78, 5) is 16.9. The Bertz CT molecular complexity index is 591. The third kappa shape index (κ3) is 2.27. The molecule has 1 unspecified atom stereocenters. The summed E-state index contributed by atoms with van der Waals surface area (Å²) < 4.78 is 13.3. The van der Waals surface area contributed by atoms with Crippen LogP contribution in [0.15, 0.2) is 23.2 Å². The molecule has 6 heteroatoms. The Kier molecular flexibility index (Phi) is 3.47. The predicted molar refractivity (Wildman–Crippen MR) is 67.9 cm³/mol. The predicted octanol–water partition coefficient (Wildman–Crippen LogP) is 1.94. The molecule has 0 aromatic heterocycles. The van der Waals surface area contributed by atoms with Crippen molar-refractivity contribution in [3.05, 3.63) is 35.1 Å². The van der Waals surface area contributed by atoms with E-state index in [-0.39, 0.29) is 11.4 Å². The first-order valence-corrected chi connectivity index (χ1v) is 5.92. The van der Waals surface area contributed by atoms with E-state index in [9.17, 15) is 9.18 Å². The topological polar surface area (TPSA) is 82.5 Å². The lowest BCUT2D eigenvalue weighted by Crippen LogP contribution is -2.34. The number of carbonyl (C=O) groups is 1. The minimum Gasteiger partial charge on any atom is -0.385 e. The van der Waals surface area contributed by atoms with Crippen LogP contribution >= 0.6 is 0 Å². The van der Waals surface area contributed by atoms with Gasteiger partial charge in [-0.3, -0.25) is 0 Å². The van der Waals surface area contributed by atoms with Crippen LogP contribution in [0.1, 0.15) is 30.5 Å². The quantitative estimate of drug-likeness (QED) is 0.901. The number of aliphatic imine (C=N–C) groups is 1. The molecule has 19 heavy (non-hydrogen) atoms. The van der Waals surface area contributed by atoms with Gasteiger partial charge in [0.15, 0.2) is 0 Å². The number of urea groups is 1. The SMILES string of the molecule is CCCN1C(=O)N=C(N)C1c1ccc(F)c(C#N)c1. The Morgan fingerprint density at radius 1 is 1.58 bits per heavy atom. The van der Waals surface area contributed by atoms with Crippen LogP contribution < -0.4 is 5.73 Å². The maximum absolute atomic E-state index is 13.3. The van der Waals surface area contributed by atoms with E-state index in [1.54, 1.807) is 6.07 Å². The van der Waals surface area contributed by atoms with Crippen LogP contribution in [0.4, 0.5) is 9.18 Å². The van der Waals surface area contributed by atoms with E-state index in [2.05, 4.69) is 4.99 Å². The van der Waals surface area contributed by atoms with E-state index in [1.165, 1.54) is 23.1 Å². The summed E-state index contributed by atoms with van der Waals surface area (Å²) in [5.41, 5.74) is 6.29. The van der Waals surface area contributed by atoms with E-state index < -0.39 is 17.9 Å². The van der Waals surface area contributed by atoms with E-state index in [0.717, 1.165) is 6.42 Å². The number of benzene rings is 1. The Hall–Kier alpha value is -2.42. The second-order valence-corrected chi connectivity index (χ2v) is 4.27. The molecule has 0 saturated carbocycles. The van der Waals surface area contributed by atoms with Gasteiger partial charge < -0.3 is 10.6 Å². The summed E-state index contributed by atoms with van der Waals surface area (Å²) in [5.74, 6) is -0.415. The maximum Gasteiger partial charge on any atom is 0.346 e. The maximum atomic E-state index is 13.3. The number of nitrogens with zero attached hydrogens (tertiary/aromatic N) is 3. The zero-order chi connectivity index (χ0) is 14.0. The first-order valence-electron chi connectivity index (χ1n) is 5.92. The summed E-state index contributed by atoms with van der Waals surface area (Å²) in [6, 6.07) is 4.99. The molecule has 0 saturated heterocycles. The Labute approximate surface area is 110 Å². The first kappa shape index (κ1) is 13.0. The molecule has 98 valence electrons. The average Bonchev–Trinajstić information content (AvgIpc) is 2.66. The normalized spacial score (nSPS) is 18.4. The van der Waals surface area contributed by atoms with E-state index in [1.807, 2.05) is 6.92 Å². The summed E-state index contributed by atoms with van der Waals surface area (Å²) in [5, 5.41) is 8.84. The van der Waals surface area contributed by atoms with Gasteiger partial charge in [-0.25, -0.2) is 9.18 Å². The minimum atomic E-state index is -0.590. The van der Waals surface area contributed by atoms with Crippen LogP contribution in [-0.4, -0.2) is 23.3 Å². The standard InChI is InChI=1S/C13H13FN4O/c1-2-5-18-11(12(16)17-13(18)19)8-3-4-10(14)9(6-8)7-15/h3-4,6,11H,2,5H2,1H3,(H2,16,17,19). The molecule has 0 bridgehead atoms. The van der Waals surface area contributed by atoms with Crippen LogP contribution in [0.5, 0.6) is 0 Å². The molecular weight excluding hydrogens is 247 g/mol. The highest BCUT2D eigenvalue weighted by Crippen LogP contribution is 2.28. The van der Waals surface area contributed by atoms with Crippen LogP contribution in [0.3, 0.4) is 0 Å². The van der Waals surface area contributed by atoms with Crippen molar-refractivity contribution in [2.75, 3.05) is 6.54 Å². The van der Waals surface area contributed by atoms with Gasteiger partial charge in [0, 0.05) is 6.54 Å². The van der Waals surface area contributed by atoms with Crippen molar-refractivity contribution < 1.29 is 9.18 Å². The highest BCUT2D eigenvalue weighted by Gasteiger charge is 2.34. The number of halogens is 1. The van der Waals surface area contributed by atoms with Gasteiger partial charge in [-0.1, -0.05) is 13.0 Å². The molecule has 1 aromatic carbocycles. The van der Waals surface area contributed by atoms with E-state index in [4.69, 9.17) is 11.0 Å². The fourth-order valence-corrected chi connectivity index (χ4v) is 2.12. The zero-order valence-electron chi connectivity index (χ0n) is 10.4. The number of nitrogens with two attached hydrogens (primary N) is 1. The fourth-order valence-electron chi connectivity index (χ4n) is 2.12. The molecule has 1 aromatic rings. The second-order valence-electron chi connectivity index (χ2n) is 4.27. The zero-order valence-corrected chi connectivity index (χ0v) is 10.4. The van der Waals surface area contributed by atoms with Crippen molar-refractivity contribution in [3.8, 4) is 6.07 Å². The lowest BCUT2D eigenvalue weighted by Gasteiger charge is -2.24. The van der Waals surface area contributed by atoms with E-state index >= 15 is 0 Å². The average molecular weight is 260 g/mol. The van der Waals surface area contributed by atoms with Crippen LogP contribution in [0.25, 0.3) is 0 Å². The van der Waals surface area contributed by atoms with Crippen molar-refractivity contribution in [2.45, 2.75) is 19.4 Å². The molecular formula is C13H13FN4O. The second kappa shape index (κ2) is 5.06. The van der Waals surface area contributed by atoms with E-state index in [0.29, 0.717) is 12.1 Å². The van der Waals surface area contributed by atoms with Crippen LogP contribution in [0.2, 0.25) is 0 Å². The van der Waals surface area contributed by atoms with Crippen molar-refractivity contribution >= 4 is 11.9 Å². The summed E-state index contributed by atoms with van der Waals surface area (Å²) in [6.45, 7) is 2.44. The third-order valence-electron chi connectivity index (χ3n) is 2.95. The fraction of sp³-hybridized carbons (Fsp3) is 0.308. The molecule has 0 spiro atoms. The summed E-state index contributed by atoms with van der Waals surface area (Å²) >= 11 is 0. The molecule has 1 atom stereocenters. The number of carbonyl (C=O) groups excluding carboxylic acids is 1. The van der Waals surface area contributed by atoms with Gasteiger partial charge in [0.05, 0.1) is 5.56 Å². The monoisotopic (exact) mass is 260 g/mol. The Morgan fingerprint density at radius 3 is 2.95 bits per heavy atom. The first-order chi connectivity index (χ1) is 9.08. The lowest BCUT2D eigenvalue weighted by molar-refractivity contribution is 0.206. The van der Waals surface area contributed by atoms with Crippen LogP contribution in [-0.2, 0) is 0 Å². The molecule has 2 N–H and O–H groups in total. The Balaban J connectivity index is 2.42. The molecule has 5 nitrogen and oxygen atoms in total. The van der Waals surface area contributed by atoms with Gasteiger partial charge in [0.1, 0.15) is 23.8 Å². The molecule has 1 heterocycles. The Morgan fingerprint density at radius 2 is 2.32 bits per heavy atom. The van der Waals surface area contributed by atoms with Gasteiger partial charge in [0.2, 0.25) is 0 Å². The highest BCUT2D eigenvalue weighted by molar-refractivity contribution is 6.03. The molecule has 1 aliphatic heterocycles. The minimum absolute atomic E-state index is 0.0684. The van der Waals surface area contributed by atoms with Crippen molar-refractivity contribution in [3.63, 3.8) is 0 Å². The highest BCUT2D eigenvalue weighted by atomic mass is 19.1. The molecule has 2 rings (SSSR count). The van der Waals surface area contributed by atoms with Gasteiger partial charge in [-0.05, 0) is 24.1 Å². The number of hydrogen-bond donors (Lipinski definition) is 1. The molecule has 0 aliphatic carbocycles. The molecule has 0 radical (unpaired) electrons. The summed E-state index contributed by atoms with van der Waals surface area (Å²) in [7, 11) is 0. The van der Waals surface area contributed by atoms with Crippen molar-refractivity contribution in [1.29, 1.82) is 5.26 Å². The van der Waals surface area contributed by atoms with Gasteiger partial charge in [-0.15, -0.1) is 0 Å². The smallest absolute Gasteiger partial charge is 0.346 e. The summed E-state index contributed by atoms with van der Waals surface area (Å²) in [6.07, 6.45) is 0.761. The van der Waals surface area contributed by atoms with Gasteiger partial charge >= 0.3 is 6.03 Å².